The van der Waals surface area contributed by atoms with Gasteiger partial charge in [-0.05, 0) is 70.0 Å². The predicted octanol–water partition coefficient (Wildman–Crippen LogP) is 5.97. The number of aliphatic carboxylic acids is 1. The maximum atomic E-state index is 11.5. The molecule has 1 aliphatic carbocycles. The van der Waals surface area contributed by atoms with Crippen LogP contribution >= 0.6 is 34.5 Å². The van der Waals surface area contributed by atoms with Gasteiger partial charge in [-0.2, -0.15) is 0 Å². The number of anilines is 2. The first-order chi connectivity index (χ1) is 18.2. The lowest BCUT2D eigenvalue weighted by Crippen LogP contribution is -2.58. The molecular weight excluding hydrogens is 543 g/mol. The van der Waals surface area contributed by atoms with Gasteiger partial charge in [-0.15, -0.1) is 0 Å². The molecule has 8 nitrogen and oxygen atoms in total. The van der Waals surface area contributed by atoms with Crippen molar-refractivity contribution < 1.29 is 9.90 Å². The van der Waals surface area contributed by atoms with E-state index in [9.17, 15) is 9.90 Å². The highest BCUT2D eigenvalue weighted by molar-refractivity contribution is 7.22. The average molecular weight is 576 g/mol. The number of likely N-dealkylation sites (tertiary alicyclic amines) is 1. The van der Waals surface area contributed by atoms with Crippen molar-refractivity contribution in [2.24, 2.45) is 17.3 Å². The number of fused-ring (bicyclic) bond motifs is 1. The fourth-order valence-corrected chi connectivity index (χ4v) is 7.65. The van der Waals surface area contributed by atoms with Crippen LogP contribution in [0.25, 0.3) is 10.2 Å². The standard InChI is InChI=1S/C27H32Cl2N6O2S/c1-15(24-30-10-18(28)11-31-24)32-22-20(29)5-6-21-23(22)38-26(33-21)35-13-17(14-35)16-4-3-7-34(12-16)19-8-27(2,9-19)25(36)37/h5-6,10-11,15-17,19,32H,3-4,7-9,12-14H2,1-2H3,(H,36,37)/t15-,16+,19?,27?/m1/s1. The van der Waals surface area contributed by atoms with Crippen molar-refractivity contribution >= 4 is 61.5 Å². The van der Waals surface area contributed by atoms with E-state index < -0.39 is 11.4 Å². The van der Waals surface area contributed by atoms with Gasteiger partial charge in [0.1, 0.15) is 5.82 Å². The second-order valence-corrected chi connectivity index (χ2v) is 13.2. The fraction of sp³-hybridized carbons (Fsp3) is 0.556. The van der Waals surface area contributed by atoms with E-state index in [4.69, 9.17) is 28.2 Å². The van der Waals surface area contributed by atoms with E-state index in [1.54, 1.807) is 23.7 Å². The van der Waals surface area contributed by atoms with Gasteiger partial charge in [0.05, 0.1) is 37.4 Å². The summed E-state index contributed by atoms with van der Waals surface area (Å²) in [5, 5.41) is 15.1. The zero-order valence-electron chi connectivity index (χ0n) is 21.5. The molecule has 6 rings (SSSR count). The quantitative estimate of drug-likeness (QED) is 0.356. The second kappa shape index (κ2) is 10.1. The smallest absolute Gasteiger partial charge is 0.309 e. The molecule has 3 aromatic rings. The minimum atomic E-state index is -0.653. The normalized spacial score (nSPS) is 27.1. The molecule has 0 spiro atoms. The zero-order valence-corrected chi connectivity index (χ0v) is 23.9. The molecule has 2 aromatic heterocycles. The number of hydrogen-bond donors (Lipinski definition) is 2. The molecule has 1 saturated carbocycles. The van der Waals surface area contributed by atoms with Crippen molar-refractivity contribution in [3.05, 3.63) is 40.4 Å². The minimum Gasteiger partial charge on any atom is -0.481 e. The van der Waals surface area contributed by atoms with Gasteiger partial charge in [-0.25, -0.2) is 15.0 Å². The summed E-state index contributed by atoms with van der Waals surface area (Å²) in [5.74, 6) is 1.31. The lowest BCUT2D eigenvalue weighted by molar-refractivity contribution is -0.158. The van der Waals surface area contributed by atoms with Gasteiger partial charge < -0.3 is 20.2 Å². The number of halogens is 2. The third kappa shape index (κ3) is 4.83. The molecule has 2 N–H and O–H groups in total. The number of benzene rings is 1. The summed E-state index contributed by atoms with van der Waals surface area (Å²) >= 11 is 14.2. The molecule has 2 atom stereocenters. The van der Waals surface area contributed by atoms with Crippen LogP contribution < -0.4 is 10.2 Å². The summed E-state index contributed by atoms with van der Waals surface area (Å²) < 4.78 is 1.03. The molecule has 0 amide bonds. The Balaban J connectivity index is 1.10. The number of piperidine rings is 1. The molecule has 2 aliphatic heterocycles. The monoisotopic (exact) mass is 574 g/mol. The van der Waals surface area contributed by atoms with Crippen molar-refractivity contribution in [1.29, 1.82) is 0 Å². The SMILES string of the molecule is C[C@@H](Nc1c(Cl)ccc2nc(N3CC([C@H]4CCCN(C5CC(C)(C(=O)O)C5)C4)C3)sc12)c1ncc(Cl)cn1. The van der Waals surface area contributed by atoms with E-state index in [1.807, 2.05) is 26.0 Å². The van der Waals surface area contributed by atoms with Crippen LogP contribution in [0.3, 0.4) is 0 Å². The van der Waals surface area contributed by atoms with Crippen LogP contribution in [0.2, 0.25) is 10.0 Å². The number of nitrogens with one attached hydrogen (secondary N) is 1. The third-order valence-corrected chi connectivity index (χ3v) is 10.3. The van der Waals surface area contributed by atoms with Crippen LogP contribution in [0, 0.1) is 17.3 Å². The topological polar surface area (TPSA) is 94.5 Å². The summed E-state index contributed by atoms with van der Waals surface area (Å²) in [6, 6.07) is 4.14. The minimum absolute atomic E-state index is 0.146. The summed E-state index contributed by atoms with van der Waals surface area (Å²) in [7, 11) is 0. The first-order valence-corrected chi connectivity index (χ1v) is 14.8. The molecule has 1 aromatic carbocycles. The Morgan fingerprint density at radius 3 is 2.63 bits per heavy atom. The lowest BCUT2D eigenvalue weighted by atomic mass is 9.65. The summed E-state index contributed by atoms with van der Waals surface area (Å²) in [6.07, 6.45) is 7.20. The Morgan fingerprint density at radius 1 is 1.18 bits per heavy atom. The number of rotatable bonds is 7. The van der Waals surface area contributed by atoms with Gasteiger partial charge in [0.25, 0.3) is 0 Å². The summed E-state index contributed by atoms with van der Waals surface area (Å²) in [4.78, 5) is 30.1. The Labute approximate surface area is 236 Å². The molecule has 0 radical (unpaired) electrons. The first kappa shape index (κ1) is 26.0. The van der Waals surface area contributed by atoms with Crippen LogP contribution in [0.4, 0.5) is 10.8 Å². The van der Waals surface area contributed by atoms with Crippen LogP contribution in [-0.4, -0.2) is 63.1 Å². The Hall–Kier alpha value is -2.20. The Morgan fingerprint density at radius 2 is 1.92 bits per heavy atom. The van der Waals surface area contributed by atoms with Gasteiger partial charge in [-0.1, -0.05) is 34.5 Å². The van der Waals surface area contributed by atoms with Crippen molar-refractivity contribution in [3.8, 4) is 0 Å². The van der Waals surface area contributed by atoms with E-state index in [1.165, 1.54) is 12.8 Å². The maximum Gasteiger partial charge on any atom is 0.309 e. The highest BCUT2D eigenvalue weighted by atomic mass is 35.5. The predicted molar refractivity (Wildman–Crippen MR) is 152 cm³/mol. The average Bonchev–Trinajstić information content (AvgIpc) is 3.27. The van der Waals surface area contributed by atoms with Crippen molar-refractivity contribution in [2.75, 3.05) is 36.4 Å². The van der Waals surface area contributed by atoms with Crippen molar-refractivity contribution in [3.63, 3.8) is 0 Å². The first-order valence-electron chi connectivity index (χ1n) is 13.3. The molecule has 3 fully saturated rings. The highest BCUT2D eigenvalue weighted by Gasteiger charge is 2.49. The van der Waals surface area contributed by atoms with Crippen LogP contribution in [0.15, 0.2) is 24.5 Å². The molecule has 38 heavy (non-hydrogen) atoms. The highest BCUT2D eigenvalue weighted by Crippen LogP contribution is 2.46. The number of nitrogens with zero attached hydrogens (tertiary/aromatic N) is 5. The van der Waals surface area contributed by atoms with Gasteiger partial charge in [-0.3, -0.25) is 4.79 Å². The van der Waals surface area contributed by atoms with E-state index >= 15 is 0 Å². The van der Waals surface area contributed by atoms with Crippen molar-refractivity contribution in [1.82, 2.24) is 19.9 Å². The number of aromatic nitrogens is 3. The molecule has 4 heterocycles. The van der Waals surface area contributed by atoms with Gasteiger partial charge in [0, 0.05) is 38.1 Å². The molecule has 0 bridgehead atoms. The van der Waals surface area contributed by atoms with Gasteiger partial charge in [0.2, 0.25) is 0 Å². The van der Waals surface area contributed by atoms with E-state index in [0.717, 1.165) is 60.1 Å². The van der Waals surface area contributed by atoms with Gasteiger partial charge >= 0.3 is 5.97 Å². The summed E-state index contributed by atoms with van der Waals surface area (Å²) in [6.45, 7) is 8.10. The largest absolute Gasteiger partial charge is 0.481 e. The third-order valence-electron chi connectivity index (χ3n) is 8.63. The van der Waals surface area contributed by atoms with Gasteiger partial charge in [0.15, 0.2) is 5.13 Å². The van der Waals surface area contributed by atoms with Crippen molar-refractivity contribution in [2.45, 2.75) is 51.6 Å². The number of carboxylic acids is 1. The molecule has 0 unspecified atom stereocenters. The molecule has 2 saturated heterocycles. The maximum absolute atomic E-state index is 11.5. The number of carboxylic acid groups (broad SMARTS) is 1. The van der Waals surface area contributed by atoms with Crippen LogP contribution in [-0.2, 0) is 4.79 Å². The number of hydrogen-bond acceptors (Lipinski definition) is 8. The van der Waals surface area contributed by atoms with E-state index in [0.29, 0.717) is 33.7 Å². The van der Waals surface area contributed by atoms with Crippen LogP contribution in [0.1, 0.15) is 51.4 Å². The van der Waals surface area contributed by atoms with E-state index in [-0.39, 0.29) is 6.04 Å². The second-order valence-electron chi connectivity index (χ2n) is 11.4. The Kier molecular flexibility index (Phi) is 6.91. The lowest BCUT2D eigenvalue weighted by Gasteiger charge is -2.52. The number of thiazole rings is 1. The molecule has 202 valence electrons. The zero-order chi connectivity index (χ0) is 26.6. The van der Waals surface area contributed by atoms with Crippen LogP contribution in [0.5, 0.6) is 0 Å². The summed E-state index contributed by atoms with van der Waals surface area (Å²) in [5.41, 5.74) is 1.25. The van der Waals surface area contributed by atoms with E-state index in [2.05, 4.69) is 25.1 Å². The number of carbonyl (C=O) groups is 1. The Bertz CT molecular complexity index is 1340. The fourth-order valence-electron chi connectivity index (χ4n) is 6.19. The molecular formula is C27H32Cl2N6O2S. The molecule has 11 heteroatoms. The molecule has 3 aliphatic rings.